The summed E-state index contributed by atoms with van der Waals surface area (Å²) in [6, 6.07) is 7.16. The van der Waals surface area contributed by atoms with Gasteiger partial charge in [0.2, 0.25) is 0 Å². The summed E-state index contributed by atoms with van der Waals surface area (Å²) in [7, 11) is 0. The minimum atomic E-state index is -0.803. The number of hydrogen-bond acceptors (Lipinski definition) is 2. The van der Waals surface area contributed by atoms with Crippen LogP contribution in [0.3, 0.4) is 0 Å². The van der Waals surface area contributed by atoms with Crippen molar-refractivity contribution >= 4 is 27.5 Å². The van der Waals surface area contributed by atoms with E-state index >= 15 is 0 Å². The topological polar surface area (TPSA) is 33.4 Å². The van der Waals surface area contributed by atoms with Crippen LogP contribution in [0.25, 0.3) is 0 Å². The fourth-order valence-corrected chi connectivity index (χ4v) is 2.15. The summed E-state index contributed by atoms with van der Waals surface area (Å²) < 4.78 is 5.98. The molecular weight excluding hydrogens is 291 g/mol. The van der Waals surface area contributed by atoms with Crippen LogP contribution in [-0.2, 0) is 0 Å². The number of benzene rings is 1. The molecule has 1 unspecified atom stereocenters. The van der Waals surface area contributed by atoms with E-state index < -0.39 is 6.10 Å². The van der Waals surface area contributed by atoms with Crippen molar-refractivity contribution in [2.75, 3.05) is 0 Å². The maximum absolute atomic E-state index is 10.2. The fraction of sp³-hybridized carbons (Fsp3) is 0.167. The molecule has 1 heterocycles. The maximum atomic E-state index is 10.2. The van der Waals surface area contributed by atoms with Crippen LogP contribution in [0.2, 0.25) is 5.02 Å². The van der Waals surface area contributed by atoms with Gasteiger partial charge in [0.1, 0.15) is 6.10 Å². The Balaban J connectivity index is 2.45. The lowest BCUT2D eigenvalue weighted by molar-refractivity contribution is 0.187. The van der Waals surface area contributed by atoms with E-state index in [0.29, 0.717) is 10.8 Å². The van der Waals surface area contributed by atoms with Crippen molar-refractivity contribution < 1.29 is 9.52 Å². The van der Waals surface area contributed by atoms with Gasteiger partial charge in [-0.1, -0.05) is 17.7 Å². The van der Waals surface area contributed by atoms with E-state index in [-0.39, 0.29) is 0 Å². The highest BCUT2D eigenvalue weighted by Crippen LogP contribution is 2.32. The van der Waals surface area contributed by atoms with Gasteiger partial charge in [0.25, 0.3) is 0 Å². The van der Waals surface area contributed by atoms with E-state index in [9.17, 15) is 5.11 Å². The van der Waals surface area contributed by atoms with Crippen molar-refractivity contribution in [1.82, 2.24) is 0 Å². The van der Waals surface area contributed by atoms with E-state index in [0.717, 1.165) is 15.6 Å². The zero-order valence-electron chi connectivity index (χ0n) is 8.58. The van der Waals surface area contributed by atoms with Crippen LogP contribution in [0.15, 0.2) is 39.4 Å². The molecular formula is C12H10BrClO2. The molecule has 2 rings (SSSR count). The van der Waals surface area contributed by atoms with E-state index in [1.807, 2.05) is 13.0 Å². The van der Waals surface area contributed by atoms with Crippen molar-refractivity contribution in [3.05, 3.63) is 56.9 Å². The van der Waals surface area contributed by atoms with Crippen LogP contribution in [0.1, 0.15) is 23.0 Å². The molecule has 1 aromatic heterocycles. The van der Waals surface area contributed by atoms with Crippen LogP contribution in [-0.4, -0.2) is 5.11 Å². The molecule has 0 fully saturated rings. The molecule has 0 saturated carbocycles. The van der Waals surface area contributed by atoms with Crippen LogP contribution in [0, 0.1) is 6.92 Å². The highest BCUT2D eigenvalue weighted by atomic mass is 79.9. The first-order chi connectivity index (χ1) is 7.59. The van der Waals surface area contributed by atoms with Gasteiger partial charge in [-0.05, 0) is 52.2 Å². The summed E-state index contributed by atoms with van der Waals surface area (Å²) in [5.74, 6) is 0.491. The van der Waals surface area contributed by atoms with E-state index in [1.165, 1.54) is 6.26 Å². The average Bonchev–Trinajstić information content (AvgIpc) is 2.67. The van der Waals surface area contributed by atoms with Crippen molar-refractivity contribution in [2.24, 2.45) is 0 Å². The highest BCUT2D eigenvalue weighted by molar-refractivity contribution is 9.10. The van der Waals surface area contributed by atoms with Gasteiger partial charge in [-0.15, -0.1) is 0 Å². The second kappa shape index (κ2) is 4.62. The molecule has 0 saturated heterocycles. The second-order valence-corrected chi connectivity index (χ2v) is 4.83. The number of rotatable bonds is 2. The molecule has 84 valence electrons. The lowest BCUT2D eigenvalue weighted by atomic mass is 10.0. The second-order valence-electron chi connectivity index (χ2n) is 3.54. The monoisotopic (exact) mass is 300 g/mol. The first kappa shape index (κ1) is 11.7. The van der Waals surface area contributed by atoms with E-state index in [4.69, 9.17) is 16.0 Å². The Kier molecular flexibility index (Phi) is 3.38. The van der Waals surface area contributed by atoms with Gasteiger partial charge in [-0.2, -0.15) is 0 Å². The number of aryl methyl sites for hydroxylation is 1. The van der Waals surface area contributed by atoms with E-state index in [2.05, 4.69) is 15.9 Å². The summed E-state index contributed by atoms with van der Waals surface area (Å²) in [5.41, 5.74) is 1.73. The smallest absolute Gasteiger partial charge is 0.150 e. The standard InChI is InChI=1S/C12H10BrClO2/c1-7-2-3-8(14)6-9(7)11(15)12-10(13)4-5-16-12/h2-6,11,15H,1H3. The van der Waals surface area contributed by atoms with Gasteiger partial charge in [0.15, 0.2) is 5.76 Å². The molecule has 0 bridgehead atoms. The molecule has 0 aliphatic heterocycles. The summed E-state index contributed by atoms with van der Waals surface area (Å²) in [5, 5.41) is 10.8. The predicted octanol–water partition coefficient (Wildman–Crippen LogP) is 4.09. The summed E-state index contributed by atoms with van der Waals surface area (Å²) in [6.45, 7) is 1.92. The van der Waals surface area contributed by atoms with Crippen LogP contribution < -0.4 is 0 Å². The minimum absolute atomic E-state index is 0.491. The molecule has 0 radical (unpaired) electrons. The molecule has 2 aromatic rings. The quantitative estimate of drug-likeness (QED) is 0.906. The van der Waals surface area contributed by atoms with Gasteiger partial charge in [0.05, 0.1) is 10.7 Å². The van der Waals surface area contributed by atoms with Gasteiger partial charge >= 0.3 is 0 Å². The normalized spacial score (nSPS) is 12.8. The SMILES string of the molecule is Cc1ccc(Cl)cc1C(O)c1occc1Br. The predicted molar refractivity (Wildman–Crippen MR) is 66.7 cm³/mol. The van der Waals surface area contributed by atoms with Gasteiger partial charge in [0, 0.05) is 5.02 Å². The molecule has 1 aromatic carbocycles. The maximum Gasteiger partial charge on any atom is 0.150 e. The molecule has 1 N–H and O–H groups in total. The third-order valence-electron chi connectivity index (χ3n) is 2.43. The summed E-state index contributed by atoms with van der Waals surface area (Å²) >= 11 is 9.23. The zero-order valence-corrected chi connectivity index (χ0v) is 10.9. The van der Waals surface area contributed by atoms with Crippen molar-refractivity contribution in [3.63, 3.8) is 0 Å². The fourth-order valence-electron chi connectivity index (χ4n) is 1.55. The lowest BCUT2D eigenvalue weighted by Crippen LogP contribution is -2.01. The molecule has 16 heavy (non-hydrogen) atoms. The highest BCUT2D eigenvalue weighted by Gasteiger charge is 2.19. The first-order valence-electron chi connectivity index (χ1n) is 4.76. The van der Waals surface area contributed by atoms with Gasteiger partial charge in [-0.25, -0.2) is 0 Å². The van der Waals surface area contributed by atoms with Gasteiger partial charge < -0.3 is 9.52 Å². The Hall–Kier alpha value is -0.770. The molecule has 0 amide bonds. The average molecular weight is 302 g/mol. The Morgan fingerprint density at radius 1 is 1.38 bits per heavy atom. The molecule has 2 nitrogen and oxygen atoms in total. The Bertz CT molecular complexity index is 507. The minimum Gasteiger partial charge on any atom is -0.465 e. The molecule has 0 aliphatic carbocycles. The van der Waals surface area contributed by atoms with E-state index in [1.54, 1.807) is 18.2 Å². The molecule has 4 heteroatoms. The van der Waals surface area contributed by atoms with Crippen molar-refractivity contribution in [3.8, 4) is 0 Å². The Labute approximate surface area is 107 Å². The number of hydrogen-bond donors (Lipinski definition) is 1. The molecule has 1 atom stereocenters. The summed E-state index contributed by atoms with van der Waals surface area (Å²) in [6.07, 6.45) is 0.728. The van der Waals surface area contributed by atoms with Crippen molar-refractivity contribution in [1.29, 1.82) is 0 Å². The first-order valence-corrected chi connectivity index (χ1v) is 5.93. The van der Waals surface area contributed by atoms with Crippen molar-refractivity contribution in [2.45, 2.75) is 13.0 Å². The van der Waals surface area contributed by atoms with Crippen LogP contribution >= 0.6 is 27.5 Å². The van der Waals surface area contributed by atoms with Gasteiger partial charge in [-0.3, -0.25) is 0 Å². The Morgan fingerprint density at radius 2 is 2.12 bits per heavy atom. The zero-order chi connectivity index (χ0) is 11.7. The third kappa shape index (κ3) is 2.17. The number of aliphatic hydroxyl groups excluding tert-OH is 1. The van der Waals surface area contributed by atoms with Crippen LogP contribution in [0.4, 0.5) is 0 Å². The third-order valence-corrected chi connectivity index (χ3v) is 3.32. The molecule has 0 spiro atoms. The molecule has 0 aliphatic rings. The number of furan rings is 1. The summed E-state index contributed by atoms with van der Waals surface area (Å²) in [4.78, 5) is 0. The Morgan fingerprint density at radius 3 is 2.75 bits per heavy atom. The lowest BCUT2D eigenvalue weighted by Gasteiger charge is -2.12. The largest absolute Gasteiger partial charge is 0.465 e. The number of halogens is 2. The number of aliphatic hydroxyl groups is 1. The van der Waals surface area contributed by atoms with Crippen LogP contribution in [0.5, 0.6) is 0 Å².